The van der Waals surface area contributed by atoms with E-state index >= 15 is 0 Å². The summed E-state index contributed by atoms with van der Waals surface area (Å²) in [7, 11) is 0. The fraction of sp³-hybridized carbons (Fsp3) is 0.0606. The summed E-state index contributed by atoms with van der Waals surface area (Å²) in [6.07, 6.45) is 3.44. The Bertz CT molecular complexity index is 2010. The Morgan fingerprint density at radius 3 is 2.41 bits per heavy atom. The molecular formula is C33H25F2N7O2. The number of aromatic nitrogens is 4. The van der Waals surface area contributed by atoms with Crippen molar-refractivity contribution >= 4 is 34.7 Å². The molecule has 6 rings (SSSR count). The van der Waals surface area contributed by atoms with Crippen molar-refractivity contribution in [3.63, 3.8) is 0 Å². The Hall–Kier alpha value is -5.97. The van der Waals surface area contributed by atoms with Gasteiger partial charge in [-0.2, -0.15) is 5.10 Å². The number of fused-ring (bicyclic) bond motifs is 1. The third-order valence-electron chi connectivity index (χ3n) is 7.05. The van der Waals surface area contributed by atoms with Crippen LogP contribution < -0.4 is 16.0 Å². The predicted molar refractivity (Wildman–Crippen MR) is 164 cm³/mol. The lowest BCUT2D eigenvalue weighted by molar-refractivity contribution is 0.0977. The van der Waals surface area contributed by atoms with Gasteiger partial charge in [0.2, 0.25) is 11.9 Å². The molecule has 11 heteroatoms. The molecule has 3 aromatic carbocycles. The minimum Gasteiger partial charge on any atom is -0.366 e. The summed E-state index contributed by atoms with van der Waals surface area (Å²) in [5, 5.41) is 7.97. The molecule has 0 unspecified atom stereocenters. The Kier molecular flexibility index (Phi) is 7.51. The van der Waals surface area contributed by atoms with Crippen molar-refractivity contribution < 1.29 is 18.4 Å². The van der Waals surface area contributed by atoms with Crippen molar-refractivity contribution in [2.45, 2.75) is 6.92 Å². The smallest absolute Gasteiger partial charge is 0.264 e. The van der Waals surface area contributed by atoms with Crippen LogP contribution in [0.3, 0.4) is 0 Å². The van der Waals surface area contributed by atoms with E-state index in [1.165, 1.54) is 11.0 Å². The predicted octanol–water partition coefficient (Wildman–Crippen LogP) is 6.25. The number of halogens is 2. The third kappa shape index (κ3) is 5.34. The highest BCUT2D eigenvalue weighted by atomic mass is 19.1. The van der Waals surface area contributed by atoms with Gasteiger partial charge in [0.25, 0.3) is 5.91 Å². The van der Waals surface area contributed by atoms with Gasteiger partial charge in [0.1, 0.15) is 22.9 Å². The van der Waals surface area contributed by atoms with Crippen LogP contribution in [0.15, 0.2) is 103 Å². The highest BCUT2D eigenvalue weighted by Gasteiger charge is 2.25. The van der Waals surface area contributed by atoms with Crippen molar-refractivity contribution in [2.24, 2.45) is 5.73 Å². The van der Waals surface area contributed by atoms with Crippen LogP contribution in [0.1, 0.15) is 27.6 Å². The number of nitrogens with zero attached hydrogens (tertiary/aromatic N) is 5. The number of anilines is 3. The second kappa shape index (κ2) is 11.7. The second-order valence-corrected chi connectivity index (χ2v) is 9.78. The summed E-state index contributed by atoms with van der Waals surface area (Å²) >= 11 is 0. The summed E-state index contributed by atoms with van der Waals surface area (Å²) in [6.45, 7) is 1.91. The summed E-state index contributed by atoms with van der Waals surface area (Å²) in [4.78, 5) is 35.2. The molecule has 0 fully saturated rings. The van der Waals surface area contributed by atoms with Gasteiger partial charge < -0.3 is 16.0 Å². The van der Waals surface area contributed by atoms with Crippen molar-refractivity contribution in [1.82, 2.24) is 19.6 Å². The van der Waals surface area contributed by atoms with E-state index in [-0.39, 0.29) is 6.54 Å². The number of benzene rings is 3. The number of hydrogen-bond acceptors (Lipinski definition) is 6. The first-order valence-electron chi connectivity index (χ1n) is 13.7. The fourth-order valence-corrected chi connectivity index (χ4v) is 4.96. The number of pyridine rings is 1. The van der Waals surface area contributed by atoms with Crippen LogP contribution in [0.25, 0.3) is 28.0 Å². The molecule has 0 bridgehead atoms. The van der Waals surface area contributed by atoms with E-state index in [0.717, 1.165) is 17.6 Å². The maximum atomic E-state index is 14.5. The van der Waals surface area contributed by atoms with Crippen molar-refractivity contribution in [1.29, 1.82) is 0 Å². The summed E-state index contributed by atoms with van der Waals surface area (Å²) < 4.78 is 30.7. The number of hydrogen-bond donors (Lipinski definition) is 2. The largest absolute Gasteiger partial charge is 0.366 e. The Morgan fingerprint density at radius 1 is 0.932 bits per heavy atom. The van der Waals surface area contributed by atoms with Crippen LogP contribution in [-0.4, -0.2) is 37.9 Å². The van der Waals surface area contributed by atoms with Gasteiger partial charge in [-0.3, -0.25) is 9.59 Å². The average Bonchev–Trinajstić information content (AvgIpc) is 3.42. The zero-order valence-corrected chi connectivity index (χ0v) is 23.4. The summed E-state index contributed by atoms with van der Waals surface area (Å²) in [5.74, 6) is -2.84. The van der Waals surface area contributed by atoms with Crippen LogP contribution in [-0.2, 0) is 0 Å². The molecule has 9 nitrogen and oxygen atoms in total. The normalized spacial score (nSPS) is 11.0. The minimum absolute atomic E-state index is 0.176. The molecule has 0 spiro atoms. The number of amides is 2. The molecule has 0 saturated heterocycles. The van der Waals surface area contributed by atoms with E-state index in [2.05, 4.69) is 10.3 Å². The Balaban J connectivity index is 1.41. The van der Waals surface area contributed by atoms with Gasteiger partial charge >= 0.3 is 0 Å². The number of nitrogens with one attached hydrogen (secondary N) is 1. The van der Waals surface area contributed by atoms with Gasteiger partial charge in [-0.05, 0) is 73.7 Å². The zero-order valence-electron chi connectivity index (χ0n) is 23.4. The van der Waals surface area contributed by atoms with Crippen molar-refractivity contribution in [3.8, 4) is 22.5 Å². The van der Waals surface area contributed by atoms with E-state index in [4.69, 9.17) is 15.8 Å². The molecule has 0 aliphatic rings. The number of carbonyl (C=O) groups is 2. The first kappa shape index (κ1) is 28.2. The third-order valence-corrected chi connectivity index (χ3v) is 7.05. The lowest BCUT2D eigenvalue weighted by Gasteiger charge is -2.22. The number of carbonyl (C=O) groups excluding carboxylic acids is 2. The number of primary amides is 1. The molecule has 0 saturated carbocycles. The molecule has 6 aromatic rings. The maximum Gasteiger partial charge on any atom is 0.264 e. The summed E-state index contributed by atoms with van der Waals surface area (Å²) in [6, 6.07) is 24.4. The van der Waals surface area contributed by atoms with Gasteiger partial charge in [0.15, 0.2) is 0 Å². The van der Waals surface area contributed by atoms with Crippen LogP contribution in [0.4, 0.5) is 26.1 Å². The van der Waals surface area contributed by atoms with Crippen LogP contribution in [0.2, 0.25) is 0 Å². The second-order valence-electron chi connectivity index (χ2n) is 9.78. The molecule has 218 valence electrons. The van der Waals surface area contributed by atoms with E-state index in [1.807, 2.05) is 30.5 Å². The molecule has 3 heterocycles. The highest BCUT2D eigenvalue weighted by Crippen LogP contribution is 2.36. The standard InChI is InChI=1S/C33H25F2N7O2/c1-2-41(32(44)28-24(34)9-6-10-25(28)35)23-8-5-7-21(19-23)30-29(27-11-3-4-18-42(27)40-30)26-16-17-37-33(39-26)38-22-14-12-20(13-15-22)31(36)43/h3-19H,2H2,1H3,(H2,36,43)(H,37,38,39). The first-order chi connectivity index (χ1) is 21.3. The van der Waals surface area contributed by atoms with E-state index in [1.54, 1.807) is 66.2 Å². The van der Waals surface area contributed by atoms with Gasteiger partial charge in [0.05, 0.1) is 16.8 Å². The lowest BCUT2D eigenvalue weighted by atomic mass is 10.0. The summed E-state index contributed by atoms with van der Waals surface area (Å²) in [5.41, 5.74) is 9.54. The molecule has 2 amide bonds. The van der Waals surface area contributed by atoms with Gasteiger partial charge in [-0.1, -0.05) is 24.3 Å². The number of nitrogens with two attached hydrogens (primary N) is 1. The molecular weight excluding hydrogens is 564 g/mol. The molecule has 0 atom stereocenters. The Labute approximate surface area is 250 Å². The monoisotopic (exact) mass is 589 g/mol. The topological polar surface area (TPSA) is 119 Å². The molecule has 0 aliphatic carbocycles. The molecule has 0 radical (unpaired) electrons. The first-order valence-corrected chi connectivity index (χ1v) is 13.7. The van der Waals surface area contributed by atoms with Gasteiger partial charge in [0, 0.05) is 41.4 Å². The van der Waals surface area contributed by atoms with Crippen LogP contribution in [0, 0.1) is 11.6 Å². The fourth-order valence-electron chi connectivity index (χ4n) is 4.96. The van der Waals surface area contributed by atoms with Crippen LogP contribution in [0.5, 0.6) is 0 Å². The molecule has 3 aromatic heterocycles. The van der Waals surface area contributed by atoms with Gasteiger partial charge in [-0.25, -0.2) is 23.3 Å². The Morgan fingerprint density at radius 2 is 1.68 bits per heavy atom. The van der Waals surface area contributed by atoms with E-state index in [0.29, 0.717) is 45.4 Å². The van der Waals surface area contributed by atoms with Crippen molar-refractivity contribution in [2.75, 3.05) is 16.8 Å². The van der Waals surface area contributed by atoms with Crippen molar-refractivity contribution in [3.05, 3.63) is 126 Å². The molecule has 3 N–H and O–H groups in total. The quantitative estimate of drug-likeness (QED) is 0.217. The maximum absolute atomic E-state index is 14.5. The van der Waals surface area contributed by atoms with Gasteiger partial charge in [-0.15, -0.1) is 0 Å². The average molecular weight is 590 g/mol. The van der Waals surface area contributed by atoms with E-state index < -0.39 is 29.0 Å². The lowest BCUT2D eigenvalue weighted by Crippen LogP contribution is -2.32. The zero-order chi connectivity index (χ0) is 30.8. The van der Waals surface area contributed by atoms with Crippen LogP contribution >= 0.6 is 0 Å². The molecule has 44 heavy (non-hydrogen) atoms. The number of rotatable bonds is 8. The highest BCUT2D eigenvalue weighted by molar-refractivity contribution is 6.07. The molecule has 0 aliphatic heterocycles. The minimum atomic E-state index is -0.927. The SMILES string of the molecule is CCN(C(=O)c1c(F)cccc1F)c1cccc(-c2nn3ccccc3c2-c2ccnc(Nc3ccc(C(N)=O)cc3)n2)c1. The van der Waals surface area contributed by atoms with E-state index in [9.17, 15) is 18.4 Å².